The van der Waals surface area contributed by atoms with Gasteiger partial charge in [0.2, 0.25) is 5.91 Å². The van der Waals surface area contributed by atoms with Crippen LogP contribution in [-0.2, 0) is 16.1 Å². The van der Waals surface area contributed by atoms with Crippen LogP contribution in [-0.4, -0.2) is 58.7 Å². The molecule has 0 aliphatic carbocycles. The molecule has 1 aliphatic heterocycles. The van der Waals surface area contributed by atoms with Crippen molar-refractivity contribution in [2.75, 3.05) is 19.7 Å². The monoisotopic (exact) mass is 514 g/mol. The standard InChI is InChI=1S/C32H38N2O4/c1-3-10-28-21-33(31(36)30(26-11-6-4-7-12-26)27-13-8-5-9-14-27)29(19-20-35)22-34(28)32(37)38-23-25-17-15-24(2)16-18-25/h4-9,11-18,28-30,35H,3,10,19-23H2,1-2H3. The molecule has 2 unspecified atom stereocenters. The van der Waals surface area contributed by atoms with Crippen molar-refractivity contribution >= 4 is 12.0 Å². The molecule has 0 radical (unpaired) electrons. The Morgan fingerprint density at radius 2 is 1.39 bits per heavy atom. The topological polar surface area (TPSA) is 70.1 Å². The summed E-state index contributed by atoms with van der Waals surface area (Å²) < 4.78 is 5.71. The van der Waals surface area contributed by atoms with Crippen molar-refractivity contribution in [3.63, 3.8) is 0 Å². The predicted molar refractivity (Wildman–Crippen MR) is 149 cm³/mol. The van der Waals surface area contributed by atoms with Gasteiger partial charge in [-0.05, 0) is 36.5 Å². The fourth-order valence-electron chi connectivity index (χ4n) is 5.27. The van der Waals surface area contributed by atoms with Crippen LogP contribution >= 0.6 is 0 Å². The zero-order chi connectivity index (χ0) is 26.9. The molecule has 1 aliphatic rings. The molecule has 1 heterocycles. The van der Waals surface area contributed by atoms with Crippen molar-refractivity contribution < 1.29 is 19.4 Å². The summed E-state index contributed by atoms with van der Waals surface area (Å²) in [5.41, 5.74) is 3.95. The average molecular weight is 515 g/mol. The summed E-state index contributed by atoms with van der Waals surface area (Å²) in [6.07, 6.45) is 1.65. The number of aryl methyl sites for hydroxylation is 1. The summed E-state index contributed by atoms with van der Waals surface area (Å²) in [7, 11) is 0. The van der Waals surface area contributed by atoms with Gasteiger partial charge in [-0.15, -0.1) is 0 Å². The molecule has 0 saturated carbocycles. The molecule has 200 valence electrons. The molecule has 2 atom stereocenters. The van der Waals surface area contributed by atoms with E-state index in [2.05, 4.69) is 6.92 Å². The second-order valence-corrected chi connectivity index (χ2v) is 10.0. The minimum atomic E-state index is -0.457. The number of aliphatic hydroxyl groups excluding tert-OH is 1. The van der Waals surface area contributed by atoms with E-state index in [1.165, 1.54) is 0 Å². The third kappa shape index (κ3) is 6.62. The van der Waals surface area contributed by atoms with Crippen molar-refractivity contribution in [2.24, 2.45) is 0 Å². The number of piperazine rings is 1. The van der Waals surface area contributed by atoms with Crippen molar-refractivity contribution in [2.45, 2.75) is 57.7 Å². The summed E-state index contributed by atoms with van der Waals surface area (Å²) >= 11 is 0. The van der Waals surface area contributed by atoms with Crippen LogP contribution in [0.25, 0.3) is 0 Å². The number of amides is 2. The van der Waals surface area contributed by atoms with Crippen LogP contribution in [0.5, 0.6) is 0 Å². The quantitative estimate of drug-likeness (QED) is 0.408. The van der Waals surface area contributed by atoms with Gasteiger partial charge in [0, 0.05) is 19.7 Å². The van der Waals surface area contributed by atoms with Gasteiger partial charge in [-0.3, -0.25) is 4.79 Å². The highest BCUT2D eigenvalue weighted by molar-refractivity contribution is 5.88. The van der Waals surface area contributed by atoms with Crippen molar-refractivity contribution in [1.82, 2.24) is 9.80 Å². The number of ether oxygens (including phenoxy) is 1. The molecule has 3 aromatic rings. The Morgan fingerprint density at radius 3 is 1.95 bits per heavy atom. The van der Waals surface area contributed by atoms with Gasteiger partial charge in [0.05, 0.1) is 18.0 Å². The largest absolute Gasteiger partial charge is 0.445 e. The van der Waals surface area contributed by atoms with E-state index in [9.17, 15) is 14.7 Å². The number of hydrogen-bond acceptors (Lipinski definition) is 4. The summed E-state index contributed by atoms with van der Waals surface area (Å²) in [5, 5.41) is 9.89. The van der Waals surface area contributed by atoms with Gasteiger partial charge in [0.25, 0.3) is 0 Å². The highest BCUT2D eigenvalue weighted by Crippen LogP contribution is 2.31. The van der Waals surface area contributed by atoms with Crippen molar-refractivity contribution in [3.05, 3.63) is 107 Å². The SMILES string of the molecule is CCCC1CN(C(=O)C(c2ccccc2)c2ccccc2)C(CCO)CN1C(=O)OCc1ccc(C)cc1. The first-order chi connectivity index (χ1) is 18.5. The molecule has 1 N–H and O–H groups in total. The molecule has 1 fully saturated rings. The van der Waals surface area contributed by atoms with Gasteiger partial charge in [-0.25, -0.2) is 4.79 Å². The summed E-state index contributed by atoms with van der Waals surface area (Å²) in [6, 6.07) is 27.1. The first kappa shape index (κ1) is 27.4. The van der Waals surface area contributed by atoms with Crippen LogP contribution in [0.1, 0.15) is 54.4 Å². The van der Waals surface area contributed by atoms with E-state index < -0.39 is 5.92 Å². The van der Waals surface area contributed by atoms with Crippen LogP contribution in [0.2, 0.25) is 0 Å². The van der Waals surface area contributed by atoms with Gasteiger partial charge in [0.1, 0.15) is 6.61 Å². The lowest BCUT2D eigenvalue weighted by Gasteiger charge is -2.47. The Labute approximate surface area is 225 Å². The lowest BCUT2D eigenvalue weighted by atomic mass is 9.88. The maximum absolute atomic E-state index is 14.3. The van der Waals surface area contributed by atoms with E-state index in [-0.39, 0.29) is 37.3 Å². The number of nitrogens with zero attached hydrogens (tertiary/aromatic N) is 2. The Bertz CT molecular complexity index is 1130. The Hall–Kier alpha value is -3.64. The second kappa shape index (κ2) is 13.2. The first-order valence-corrected chi connectivity index (χ1v) is 13.5. The zero-order valence-corrected chi connectivity index (χ0v) is 22.3. The van der Waals surface area contributed by atoms with E-state index >= 15 is 0 Å². The van der Waals surface area contributed by atoms with Crippen LogP contribution in [0, 0.1) is 6.92 Å². The first-order valence-electron chi connectivity index (χ1n) is 13.5. The molecule has 0 aromatic heterocycles. The Balaban J connectivity index is 1.57. The Morgan fingerprint density at radius 1 is 0.842 bits per heavy atom. The van der Waals surface area contributed by atoms with Crippen LogP contribution in [0.3, 0.4) is 0 Å². The van der Waals surface area contributed by atoms with Gasteiger partial charge < -0.3 is 19.6 Å². The lowest BCUT2D eigenvalue weighted by Crippen LogP contribution is -2.62. The molecule has 0 bridgehead atoms. The van der Waals surface area contributed by atoms with Crippen molar-refractivity contribution in [3.8, 4) is 0 Å². The van der Waals surface area contributed by atoms with Gasteiger partial charge in [-0.1, -0.05) is 104 Å². The summed E-state index contributed by atoms with van der Waals surface area (Å²) in [6.45, 7) is 4.98. The zero-order valence-electron chi connectivity index (χ0n) is 22.3. The molecule has 38 heavy (non-hydrogen) atoms. The fraction of sp³-hybridized carbons (Fsp3) is 0.375. The maximum atomic E-state index is 14.3. The molecular weight excluding hydrogens is 476 g/mol. The number of rotatable bonds is 9. The summed E-state index contributed by atoms with van der Waals surface area (Å²) in [4.78, 5) is 31.2. The highest BCUT2D eigenvalue weighted by atomic mass is 16.6. The molecular formula is C32H38N2O4. The smallest absolute Gasteiger partial charge is 0.410 e. The van der Waals surface area contributed by atoms with Gasteiger partial charge in [0.15, 0.2) is 0 Å². The molecule has 6 heteroatoms. The van der Waals surface area contributed by atoms with Gasteiger partial charge >= 0.3 is 6.09 Å². The van der Waals surface area contributed by atoms with Crippen LogP contribution < -0.4 is 0 Å². The van der Waals surface area contributed by atoms with Crippen LogP contribution in [0.4, 0.5) is 4.79 Å². The fourth-order valence-corrected chi connectivity index (χ4v) is 5.27. The Kier molecular flexibility index (Phi) is 9.55. The lowest BCUT2D eigenvalue weighted by molar-refractivity contribution is -0.138. The third-order valence-corrected chi connectivity index (χ3v) is 7.29. The molecule has 1 saturated heterocycles. The number of hydrogen-bond donors (Lipinski definition) is 1. The minimum Gasteiger partial charge on any atom is -0.445 e. The molecule has 3 aromatic carbocycles. The van der Waals surface area contributed by atoms with E-state index in [0.717, 1.165) is 35.1 Å². The number of carbonyl (C=O) groups is 2. The third-order valence-electron chi connectivity index (χ3n) is 7.29. The predicted octanol–water partition coefficient (Wildman–Crippen LogP) is 5.53. The number of benzene rings is 3. The minimum absolute atomic E-state index is 0.00498. The van der Waals surface area contributed by atoms with Gasteiger partial charge in [-0.2, -0.15) is 0 Å². The number of aliphatic hydroxyl groups is 1. The molecule has 2 amide bonds. The average Bonchev–Trinajstić information content (AvgIpc) is 2.94. The van der Waals surface area contributed by atoms with E-state index in [1.54, 1.807) is 4.90 Å². The van der Waals surface area contributed by atoms with Crippen LogP contribution in [0.15, 0.2) is 84.9 Å². The molecule has 4 rings (SSSR count). The van der Waals surface area contributed by atoms with Crippen molar-refractivity contribution in [1.29, 1.82) is 0 Å². The summed E-state index contributed by atoms with van der Waals surface area (Å²) in [5.74, 6) is -0.462. The molecule has 6 nitrogen and oxygen atoms in total. The van der Waals surface area contributed by atoms with E-state index in [0.29, 0.717) is 19.5 Å². The normalized spacial score (nSPS) is 17.5. The van der Waals surface area contributed by atoms with E-state index in [4.69, 9.17) is 4.74 Å². The van der Waals surface area contributed by atoms with E-state index in [1.807, 2.05) is 96.8 Å². The number of carbonyl (C=O) groups excluding carboxylic acids is 2. The second-order valence-electron chi connectivity index (χ2n) is 10.0. The highest BCUT2D eigenvalue weighted by Gasteiger charge is 2.41. The molecule has 0 spiro atoms. The maximum Gasteiger partial charge on any atom is 0.410 e.